The standard InChI is InChI=1S/C3H4N2.C2H3N3/c1-2-4-5-3-1;1-3-2-5-4-1/h1-3H,(H,4,5);1-2H,(H,3,4,5). The zero-order valence-corrected chi connectivity index (χ0v) is 5.23. The van der Waals surface area contributed by atoms with Crippen molar-refractivity contribution in [3.05, 3.63) is 31.1 Å². The summed E-state index contributed by atoms with van der Waals surface area (Å²) < 4.78 is 0. The summed E-state index contributed by atoms with van der Waals surface area (Å²) in [6, 6.07) is 1.83. The summed E-state index contributed by atoms with van der Waals surface area (Å²) in [4.78, 5) is 3.56. The summed E-state index contributed by atoms with van der Waals surface area (Å²) in [5.74, 6) is 0. The smallest absolute Gasteiger partial charge is 0.137 e. The Morgan fingerprint density at radius 2 is 2.10 bits per heavy atom. The molecule has 0 bridgehead atoms. The quantitative estimate of drug-likeness (QED) is 0.545. The normalized spacial score (nSPS) is 8.00. The molecule has 0 saturated carbocycles. The molecule has 2 N–H and O–H groups in total. The van der Waals surface area contributed by atoms with E-state index in [1.807, 2.05) is 6.07 Å². The van der Waals surface area contributed by atoms with Crippen LogP contribution in [0.5, 0.6) is 0 Å². The molecule has 52 valence electrons. The Morgan fingerprint density at radius 1 is 1.10 bits per heavy atom. The van der Waals surface area contributed by atoms with Gasteiger partial charge in [-0.15, -0.1) is 0 Å². The van der Waals surface area contributed by atoms with Crippen molar-refractivity contribution in [3.8, 4) is 0 Å². The van der Waals surface area contributed by atoms with Crippen molar-refractivity contribution < 1.29 is 0 Å². The van der Waals surface area contributed by atoms with Crippen molar-refractivity contribution in [2.24, 2.45) is 0 Å². The van der Waals surface area contributed by atoms with Gasteiger partial charge < -0.3 is 0 Å². The van der Waals surface area contributed by atoms with Crippen molar-refractivity contribution in [2.45, 2.75) is 0 Å². The van der Waals surface area contributed by atoms with E-state index in [1.54, 1.807) is 12.4 Å². The van der Waals surface area contributed by atoms with Crippen LogP contribution in [0.1, 0.15) is 0 Å². The first-order valence-electron chi connectivity index (χ1n) is 2.72. The fourth-order valence-corrected chi connectivity index (χ4v) is 0.382. The highest BCUT2D eigenvalue weighted by molar-refractivity contribution is 4.72. The summed E-state index contributed by atoms with van der Waals surface area (Å²) in [7, 11) is 0. The zero-order chi connectivity index (χ0) is 7.07. The largest absolute Gasteiger partial charge is 0.286 e. The van der Waals surface area contributed by atoms with Crippen LogP contribution in [0.3, 0.4) is 0 Å². The van der Waals surface area contributed by atoms with Crippen molar-refractivity contribution in [1.29, 1.82) is 0 Å². The van der Waals surface area contributed by atoms with Crippen LogP contribution in [0.4, 0.5) is 0 Å². The summed E-state index contributed by atoms with van der Waals surface area (Å²) in [5, 5.41) is 12.2. The number of hydrogen-bond donors (Lipinski definition) is 2. The first-order chi connectivity index (χ1) is 5.00. The van der Waals surface area contributed by atoms with E-state index in [9.17, 15) is 0 Å². The van der Waals surface area contributed by atoms with E-state index in [4.69, 9.17) is 0 Å². The molecule has 0 radical (unpaired) electrons. The van der Waals surface area contributed by atoms with Crippen LogP contribution in [0.15, 0.2) is 31.1 Å². The van der Waals surface area contributed by atoms with Crippen LogP contribution in [0.2, 0.25) is 0 Å². The number of H-pyrrole nitrogens is 2. The van der Waals surface area contributed by atoms with E-state index in [0.29, 0.717) is 0 Å². The highest BCUT2D eigenvalue weighted by atomic mass is 15.2. The van der Waals surface area contributed by atoms with Gasteiger partial charge in [0.25, 0.3) is 0 Å². The molecule has 0 aliphatic rings. The van der Waals surface area contributed by atoms with Crippen molar-refractivity contribution in [2.75, 3.05) is 0 Å². The van der Waals surface area contributed by atoms with Crippen molar-refractivity contribution in [3.63, 3.8) is 0 Å². The van der Waals surface area contributed by atoms with Crippen molar-refractivity contribution in [1.82, 2.24) is 25.4 Å². The molecule has 2 rings (SSSR count). The maximum absolute atomic E-state index is 3.60. The average Bonchev–Trinajstić information content (AvgIpc) is 2.67. The van der Waals surface area contributed by atoms with Crippen LogP contribution in [0, 0.1) is 0 Å². The predicted molar refractivity (Wildman–Crippen MR) is 35.0 cm³/mol. The van der Waals surface area contributed by atoms with Crippen LogP contribution < -0.4 is 0 Å². The van der Waals surface area contributed by atoms with Gasteiger partial charge in [0.05, 0.1) is 0 Å². The summed E-state index contributed by atoms with van der Waals surface area (Å²) in [6.07, 6.45) is 6.42. The molecule has 0 aliphatic carbocycles. The third-order valence-corrected chi connectivity index (χ3v) is 0.737. The Morgan fingerprint density at radius 3 is 2.30 bits per heavy atom. The molecule has 0 aromatic carbocycles. The predicted octanol–water partition coefficient (Wildman–Crippen LogP) is 0.214. The molecule has 0 atom stereocenters. The van der Waals surface area contributed by atoms with Gasteiger partial charge in [0.15, 0.2) is 0 Å². The van der Waals surface area contributed by atoms with Gasteiger partial charge in [-0.05, 0) is 6.07 Å². The Balaban J connectivity index is 0.0000001000. The molecular weight excluding hydrogens is 130 g/mol. The molecular formula is C5H7N5. The minimum atomic E-state index is 1.44. The number of nitrogens with one attached hydrogen (secondary N) is 2. The Kier molecular flexibility index (Phi) is 2.75. The van der Waals surface area contributed by atoms with E-state index in [1.165, 1.54) is 12.7 Å². The van der Waals surface area contributed by atoms with Gasteiger partial charge in [-0.2, -0.15) is 10.2 Å². The van der Waals surface area contributed by atoms with Gasteiger partial charge in [0.2, 0.25) is 0 Å². The second kappa shape index (κ2) is 4.25. The molecule has 0 aliphatic heterocycles. The molecule has 0 spiro atoms. The Labute approximate surface area is 57.5 Å². The summed E-state index contributed by atoms with van der Waals surface area (Å²) >= 11 is 0. The van der Waals surface area contributed by atoms with E-state index >= 15 is 0 Å². The number of nitrogens with zero attached hydrogens (tertiary/aromatic N) is 3. The van der Waals surface area contributed by atoms with Gasteiger partial charge in [0, 0.05) is 12.4 Å². The number of aromatic amines is 2. The summed E-state index contributed by atoms with van der Waals surface area (Å²) in [5.41, 5.74) is 0. The van der Waals surface area contributed by atoms with Gasteiger partial charge >= 0.3 is 0 Å². The van der Waals surface area contributed by atoms with E-state index in [2.05, 4.69) is 25.4 Å². The number of rotatable bonds is 0. The molecule has 0 unspecified atom stereocenters. The fraction of sp³-hybridized carbons (Fsp3) is 0. The SMILES string of the molecule is c1cn[nH]c1.c1nc[nH]n1. The maximum atomic E-state index is 3.60. The first-order valence-corrected chi connectivity index (χ1v) is 2.72. The van der Waals surface area contributed by atoms with Gasteiger partial charge in [-0.3, -0.25) is 10.2 Å². The molecule has 2 heterocycles. The maximum Gasteiger partial charge on any atom is 0.137 e. The Bertz CT molecular complexity index is 149. The third-order valence-electron chi connectivity index (χ3n) is 0.737. The average molecular weight is 137 g/mol. The molecule has 10 heavy (non-hydrogen) atoms. The van der Waals surface area contributed by atoms with E-state index in [0.717, 1.165) is 0 Å². The van der Waals surface area contributed by atoms with Crippen LogP contribution in [-0.4, -0.2) is 25.4 Å². The van der Waals surface area contributed by atoms with Gasteiger partial charge in [-0.1, -0.05) is 0 Å². The minimum Gasteiger partial charge on any atom is -0.286 e. The van der Waals surface area contributed by atoms with Crippen LogP contribution in [-0.2, 0) is 0 Å². The number of aromatic nitrogens is 5. The lowest BCUT2D eigenvalue weighted by Gasteiger charge is -1.49. The molecule has 2 aromatic rings. The van der Waals surface area contributed by atoms with E-state index < -0.39 is 0 Å². The zero-order valence-electron chi connectivity index (χ0n) is 5.23. The van der Waals surface area contributed by atoms with Crippen LogP contribution in [0.25, 0.3) is 0 Å². The van der Waals surface area contributed by atoms with Gasteiger partial charge in [-0.25, -0.2) is 4.98 Å². The molecule has 0 amide bonds. The lowest BCUT2D eigenvalue weighted by molar-refractivity contribution is 1.09. The Hall–Kier alpha value is -1.65. The monoisotopic (exact) mass is 137 g/mol. The molecule has 2 aromatic heterocycles. The molecule has 0 saturated heterocycles. The molecule has 5 heteroatoms. The van der Waals surface area contributed by atoms with E-state index in [-0.39, 0.29) is 0 Å². The topological polar surface area (TPSA) is 70.2 Å². The highest BCUT2D eigenvalue weighted by Gasteiger charge is 1.57. The van der Waals surface area contributed by atoms with Crippen molar-refractivity contribution >= 4 is 0 Å². The lowest BCUT2D eigenvalue weighted by atomic mass is 10.8. The second-order valence-electron chi connectivity index (χ2n) is 1.42. The van der Waals surface area contributed by atoms with Crippen LogP contribution >= 0.6 is 0 Å². The second-order valence-corrected chi connectivity index (χ2v) is 1.42. The molecule has 5 nitrogen and oxygen atoms in total. The fourth-order valence-electron chi connectivity index (χ4n) is 0.382. The van der Waals surface area contributed by atoms with Gasteiger partial charge in [0.1, 0.15) is 12.7 Å². The molecule has 0 fully saturated rings. The summed E-state index contributed by atoms with van der Waals surface area (Å²) in [6.45, 7) is 0. The first kappa shape index (κ1) is 6.47. The third kappa shape index (κ3) is 2.61. The minimum absolute atomic E-state index is 1.44. The lowest BCUT2D eigenvalue weighted by Crippen LogP contribution is -1.53. The highest BCUT2D eigenvalue weighted by Crippen LogP contribution is 1.64. The number of hydrogen-bond acceptors (Lipinski definition) is 3.